The summed E-state index contributed by atoms with van der Waals surface area (Å²) < 4.78 is 2.15. The fourth-order valence-electron chi connectivity index (χ4n) is 1.86. The number of aryl methyl sites for hydroxylation is 1. The molecular formula is C13H24N2. The molecule has 0 bridgehead atoms. The maximum absolute atomic E-state index is 4.40. The lowest BCUT2D eigenvalue weighted by molar-refractivity contribution is 0.342. The second kappa shape index (κ2) is 5.34. The molecule has 0 spiro atoms. The molecule has 0 aromatic carbocycles. The van der Waals surface area contributed by atoms with Gasteiger partial charge in [0.25, 0.3) is 0 Å². The van der Waals surface area contributed by atoms with Crippen molar-refractivity contribution in [2.45, 2.75) is 65.3 Å². The molecule has 0 unspecified atom stereocenters. The van der Waals surface area contributed by atoms with Crippen LogP contribution in [0.4, 0.5) is 0 Å². The summed E-state index contributed by atoms with van der Waals surface area (Å²) in [5.74, 6) is 0. The van der Waals surface area contributed by atoms with Crippen LogP contribution >= 0.6 is 0 Å². The molecule has 0 radical (unpaired) electrons. The number of hydrogen-bond acceptors (Lipinski definition) is 1. The third-order valence-corrected chi connectivity index (χ3v) is 2.64. The standard InChI is InChI=1S/C13H24N2/c1-5-6-7-8-9-12-10-11-14-15(12)13(2,3)4/h10-11H,5-9H2,1-4H3. The Balaban J connectivity index is 2.51. The van der Waals surface area contributed by atoms with E-state index in [9.17, 15) is 0 Å². The number of rotatable bonds is 5. The maximum atomic E-state index is 4.40. The minimum atomic E-state index is 0.115. The zero-order valence-electron chi connectivity index (χ0n) is 10.6. The second-order valence-corrected chi connectivity index (χ2v) is 5.22. The Morgan fingerprint density at radius 2 is 1.93 bits per heavy atom. The lowest BCUT2D eigenvalue weighted by atomic mass is 10.1. The van der Waals surface area contributed by atoms with E-state index in [2.05, 4.69) is 43.5 Å². The smallest absolute Gasteiger partial charge is 0.0546 e. The third-order valence-electron chi connectivity index (χ3n) is 2.64. The van der Waals surface area contributed by atoms with Crippen molar-refractivity contribution in [1.82, 2.24) is 9.78 Å². The van der Waals surface area contributed by atoms with Gasteiger partial charge in [-0.05, 0) is 39.7 Å². The Bertz CT molecular complexity index is 281. The first-order chi connectivity index (χ1) is 7.05. The van der Waals surface area contributed by atoms with Crippen LogP contribution in [0.2, 0.25) is 0 Å². The molecule has 1 heterocycles. The van der Waals surface area contributed by atoms with Crippen molar-refractivity contribution < 1.29 is 0 Å². The quantitative estimate of drug-likeness (QED) is 0.674. The van der Waals surface area contributed by atoms with Crippen LogP contribution in [0, 0.1) is 0 Å². The molecule has 0 aliphatic rings. The highest BCUT2D eigenvalue weighted by Crippen LogP contribution is 2.17. The lowest BCUT2D eigenvalue weighted by Gasteiger charge is -2.22. The van der Waals surface area contributed by atoms with Crippen molar-refractivity contribution in [1.29, 1.82) is 0 Å². The Morgan fingerprint density at radius 3 is 2.53 bits per heavy atom. The first-order valence-corrected chi connectivity index (χ1v) is 6.09. The molecule has 1 aromatic rings. The van der Waals surface area contributed by atoms with Gasteiger partial charge >= 0.3 is 0 Å². The SMILES string of the molecule is CCCCCCc1ccnn1C(C)(C)C. The van der Waals surface area contributed by atoms with E-state index in [1.165, 1.54) is 31.4 Å². The van der Waals surface area contributed by atoms with Crippen LogP contribution in [0.15, 0.2) is 12.3 Å². The molecule has 0 aliphatic heterocycles. The average molecular weight is 208 g/mol. The highest BCUT2D eigenvalue weighted by atomic mass is 15.3. The van der Waals surface area contributed by atoms with Crippen LogP contribution < -0.4 is 0 Å². The van der Waals surface area contributed by atoms with Gasteiger partial charge in [0.2, 0.25) is 0 Å². The van der Waals surface area contributed by atoms with Gasteiger partial charge in [0, 0.05) is 11.9 Å². The highest BCUT2D eigenvalue weighted by Gasteiger charge is 2.16. The fourth-order valence-corrected chi connectivity index (χ4v) is 1.86. The minimum absolute atomic E-state index is 0.115. The van der Waals surface area contributed by atoms with Gasteiger partial charge < -0.3 is 0 Å². The van der Waals surface area contributed by atoms with E-state index in [0.29, 0.717) is 0 Å². The van der Waals surface area contributed by atoms with E-state index >= 15 is 0 Å². The van der Waals surface area contributed by atoms with Crippen molar-refractivity contribution in [3.8, 4) is 0 Å². The Labute approximate surface area is 93.7 Å². The minimum Gasteiger partial charge on any atom is -0.264 e. The molecule has 0 saturated heterocycles. The maximum Gasteiger partial charge on any atom is 0.0546 e. The Kier molecular flexibility index (Phi) is 4.37. The second-order valence-electron chi connectivity index (χ2n) is 5.22. The van der Waals surface area contributed by atoms with Crippen LogP contribution in [0.1, 0.15) is 59.1 Å². The average Bonchev–Trinajstić information content (AvgIpc) is 2.59. The van der Waals surface area contributed by atoms with Crippen LogP contribution in [-0.4, -0.2) is 9.78 Å². The summed E-state index contributed by atoms with van der Waals surface area (Å²) in [5.41, 5.74) is 1.49. The first kappa shape index (κ1) is 12.3. The molecule has 86 valence electrons. The predicted octanol–water partition coefficient (Wildman–Crippen LogP) is 3.76. The van der Waals surface area contributed by atoms with E-state index < -0.39 is 0 Å². The van der Waals surface area contributed by atoms with Gasteiger partial charge in [0.1, 0.15) is 0 Å². The van der Waals surface area contributed by atoms with Gasteiger partial charge in [0.05, 0.1) is 5.54 Å². The van der Waals surface area contributed by atoms with E-state index in [4.69, 9.17) is 0 Å². The summed E-state index contributed by atoms with van der Waals surface area (Å²) >= 11 is 0. The topological polar surface area (TPSA) is 17.8 Å². The molecule has 2 nitrogen and oxygen atoms in total. The van der Waals surface area contributed by atoms with E-state index in [1.807, 2.05) is 6.20 Å². The molecule has 1 aromatic heterocycles. The third kappa shape index (κ3) is 3.69. The predicted molar refractivity (Wildman–Crippen MR) is 65.1 cm³/mol. The van der Waals surface area contributed by atoms with Crippen molar-refractivity contribution >= 4 is 0 Å². The zero-order chi connectivity index (χ0) is 11.3. The monoisotopic (exact) mass is 208 g/mol. The Hall–Kier alpha value is -0.790. The summed E-state index contributed by atoms with van der Waals surface area (Å²) in [4.78, 5) is 0. The van der Waals surface area contributed by atoms with E-state index in [1.54, 1.807) is 0 Å². The highest BCUT2D eigenvalue weighted by molar-refractivity contribution is 5.03. The number of unbranched alkanes of at least 4 members (excludes halogenated alkanes) is 3. The summed E-state index contributed by atoms with van der Waals surface area (Å²) in [6.45, 7) is 8.86. The fraction of sp³-hybridized carbons (Fsp3) is 0.769. The summed E-state index contributed by atoms with van der Waals surface area (Å²) in [5, 5.41) is 4.40. The molecule has 0 atom stereocenters. The number of aromatic nitrogens is 2. The molecule has 1 rings (SSSR count). The van der Waals surface area contributed by atoms with Crippen LogP contribution in [-0.2, 0) is 12.0 Å². The molecule has 0 saturated carbocycles. The zero-order valence-corrected chi connectivity index (χ0v) is 10.6. The van der Waals surface area contributed by atoms with Crippen LogP contribution in [0.25, 0.3) is 0 Å². The Morgan fingerprint density at radius 1 is 1.20 bits per heavy atom. The first-order valence-electron chi connectivity index (χ1n) is 6.09. The molecular weight excluding hydrogens is 184 g/mol. The molecule has 0 N–H and O–H groups in total. The van der Waals surface area contributed by atoms with Gasteiger partial charge in [0.15, 0.2) is 0 Å². The molecule has 0 amide bonds. The van der Waals surface area contributed by atoms with Crippen molar-refractivity contribution in [2.75, 3.05) is 0 Å². The van der Waals surface area contributed by atoms with Crippen molar-refractivity contribution in [3.05, 3.63) is 18.0 Å². The molecule has 2 heteroatoms. The van der Waals surface area contributed by atoms with Gasteiger partial charge in [-0.3, -0.25) is 4.68 Å². The normalized spacial score (nSPS) is 12.0. The van der Waals surface area contributed by atoms with Gasteiger partial charge in [-0.2, -0.15) is 5.10 Å². The van der Waals surface area contributed by atoms with Crippen LogP contribution in [0.5, 0.6) is 0 Å². The summed E-state index contributed by atoms with van der Waals surface area (Å²) in [6.07, 6.45) is 8.36. The largest absolute Gasteiger partial charge is 0.264 e. The molecule has 0 fully saturated rings. The molecule has 15 heavy (non-hydrogen) atoms. The lowest BCUT2D eigenvalue weighted by Crippen LogP contribution is -2.25. The molecule has 0 aliphatic carbocycles. The van der Waals surface area contributed by atoms with Gasteiger partial charge in [-0.15, -0.1) is 0 Å². The summed E-state index contributed by atoms with van der Waals surface area (Å²) in [7, 11) is 0. The van der Waals surface area contributed by atoms with Crippen molar-refractivity contribution in [2.24, 2.45) is 0 Å². The van der Waals surface area contributed by atoms with E-state index in [0.717, 1.165) is 6.42 Å². The van der Waals surface area contributed by atoms with Gasteiger partial charge in [-0.25, -0.2) is 0 Å². The van der Waals surface area contributed by atoms with Crippen molar-refractivity contribution in [3.63, 3.8) is 0 Å². The number of nitrogens with zero attached hydrogens (tertiary/aromatic N) is 2. The summed E-state index contributed by atoms with van der Waals surface area (Å²) in [6, 6.07) is 2.15. The van der Waals surface area contributed by atoms with E-state index in [-0.39, 0.29) is 5.54 Å². The van der Waals surface area contributed by atoms with Gasteiger partial charge in [-0.1, -0.05) is 26.2 Å². The van der Waals surface area contributed by atoms with Crippen LogP contribution in [0.3, 0.4) is 0 Å². The number of hydrogen-bond donors (Lipinski definition) is 0.